The number of hydrogen-bond donors (Lipinski definition) is 1. The summed E-state index contributed by atoms with van der Waals surface area (Å²) >= 11 is 0. The minimum absolute atomic E-state index is 0.357. The molecule has 0 saturated carbocycles. The summed E-state index contributed by atoms with van der Waals surface area (Å²) in [6.07, 6.45) is 1.07. The zero-order chi connectivity index (χ0) is 8.48. The highest BCUT2D eigenvalue weighted by Gasteiger charge is 2.18. The topological polar surface area (TPSA) is 24.4 Å². The molecule has 0 fully saturated rings. The van der Waals surface area contributed by atoms with Gasteiger partial charge in [-0.1, -0.05) is 20.8 Å². The smallest absolute Gasteiger partial charge is 0.0971 e. The molecule has 1 aliphatic rings. The lowest BCUT2D eigenvalue weighted by molar-refractivity contribution is 0.429. The molecule has 0 aromatic heterocycles. The summed E-state index contributed by atoms with van der Waals surface area (Å²) in [4.78, 5) is 4.41. The van der Waals surface area contributed by atoms with Crippen molar-refractivity contribution in [2.75, 3.05) is 6.54 Å². The van der Waals surface area contributed by atoms with Gasteiger partial charge in [-0.3, -0.25) is 4.99 Å². The molecule has 0 spiro atoms. The fourth-order valence-electron chi connectivity index (χ4n) is 1.23. The highest BCUT2D eigenvalue weighted by atomic mass is 15.1. The Morgan fingerprint density at radius 3 is 2.55 bits per heavy atom. The lowest BCUT2D eigenvalue weighted by Gasteiger charge is -2.18. The third-order valence-electron chi connectivity index (χ3n) is 1.67. The van der Waals surface area contributed by atoms with E-state index in [2.05, 4.69) is 38.0 Å². The van der Waals surface area contributed by atoms with Crippen molar-refractivity contribution in [2.45, 2.75) is 40.2 Å². The van der Waals surface area contributed by atoms with Crippen LogP contribution in [-0.2, 0) is 0 Å². The molecule has 1 N–H and O–H groups in total. The Morgan fingerprint density at radius 1 is 1.55 bits per heavy atom. The Morgan fingerprint density at radius 2 is 2.18 bits per heavy atom. The molecule has 2 nitrogen and oxygen atoms in total. The normalized spacial score (nSPS) is 24.7. The van der Waals surface area contributed by atoms with E-state index in [1.165, 1.54) is 5.84 Å². The van der Waals surface area contributed by atoms with E-state index in [9.17, 15) is 0 Å². The van der Waals surface area contributed by atoms with Gasteiger partial charge in [0.2, 0.25) is 0 Å². The number of hydrogen-bond acceptors (Lipinski definition) is 2. The Hall–Kier alpha value is -0.530. The number of aliphatic imine (C=N–C) groups is 1. The molecular weight excluding hydrogens is 136 g/mol. The lowest BCUT2D eigenvalue weighted by atomic mass is 9.92. The van der Waals surface area contributed by atoms with Crippen molar-refractivity contribution in [1.82, 2.24) is 5.32 Å². The first kappa shape index (κ1) is 8.57. The fraction of sp³-hybridized carbons (Fsp3) is 0.889. The highest BCUT2D eigenvalue weighted by Crippen LogP contribution is 2.19. The van der Waals surface area contributed by atoms with Crippen LogP contribution >= 0.6 is 0 Å². The average Bonchev–Trinajstić information content (AvgIpc) is 2.10. The second kappa shape index (κ2) is 2.84. The molecular formula is C9H18N2. The molecule has 0 aliphatic carbocycles. The second-order valence-corrected chi connectivity index (χ2v) is 4.57. The van der Waals surface area contributed by atoms with Crippen molar-refractivity contribution in [2.24, 2.45) is 10.4 Å². The predicted octanol–water partition coefficient (Wildman–Crippen LogP) is 1.81. The van der Waals surface area contributed by atoms with E-state index in [-0.39, 0.29) is 0 Å². The standard InChI is InChI=1S/C9H18N2/c1-7-6-10-8(11-7)5-9(2,3)4/h7H,5-6H2,1-4H3,(H,10,11). The zero-order valence-electron chi connectivity index (χ0n) is 7.94. The van der Waals surface area contributed by atoms with Crippen LogP contribution in [0.3, 0.4) is 0 Å². The van der Waals surface area contributed by atoms with Gasteiger partial charge in [0.1, 0.15) is 0 Å². The van der Waals surface area contributed by atoms with Gasteiger partial charge in [0.15, 0.2) is 0 Å². The summed E-state index contributed by atoms with van der Waals surface area (Å²) in [7, 11) is 0. The molecule has 0 saturated heterocycles. The Labute approximate surface area is 69.1 Å². The van der Waals surface area contributed by atoms with E-state index in [0.717, 1.165) is 13.0 Å². The molecule has 1 rings (SSSR count). The summed E-state index contributed by atoms with van der Waals surface area (Å²) in [5, 5.41) is 3.36. The Balaban J connectivity index is 2.40. The van der Waals surface area contributed by atoms with Gasteiger partial charge >= 0.3 is 0 Å². The molecule has 0 aromatic rings. The lowest BCUT2D eigenvalue weighted by Crippen LogP contribution is -2.29. The monoisotopic (exact) mass is 154 g/mol. The fourth-order valence-corrected chi connectivity index (χ4v) is 1.23. The van der Waals surface area contributed by atoms with E-state index in [1.807, 2.05) is 0 Å². The first-order chi connectivity index (χ1) is 4.97. The summed E-state index contributed by atoms with van der Waals surface area (Å²) in [5.41, 5.74) is 0.357. The quantitative estimate of drug-likeness (QED) is 0.612. The van der Waals surface area contributed by atoms with Crippen molar-refractivity contribution >= 4 is 5.84 Å². The summed E-state index contributed by atoms with van der Waals surface area (Å²) < 4.78 is 0. The second-order valence-electron chi connectivity index (χ2n) is 4.57. The van der Waals surface area contributed by atoms with Gasteiger partial charge in [-0.25, -0.2) is 0 Å². The van der Waals surface area contributed by atoms with Crippen molar-refractivity contribution in [3.8, 4) is 0 Å². The van der Waals surface area contributed by atoms with E-state index in [4.69, 9.17) is 0 Å². The van der Waals surface area contributed by atoms with Gasteiger partial charge in [0.25, 0.3) is 0 Å². The van der Waals surface area contributed by atoms with Gasteiger partial charge in [0.05, 0.1) is 12.4 Å². The van der Waals surface area contributed by atoms with Gasteiger partial charge in [-0.05, 0) is 12.3 Å². The van der Waals surface area contributed by atoms with Gasteiger partial charge in [-0.15, -0.1) is 0 Å². The van der Waals surface area contributed by atoms with Crippen LogP contribution in [0.2, 0.25) is 0 Å². The third-order valence-corrected chi connectivity index (χ3v) is 1.67. The number of nitrogens with zero attached hydrogens (tertiary/aromatic N) is 1. The van der Waals surface area contributed by atoms with Gasteiger partial charge < -0.3 is 5.32 Å². The first-order valence-corrected chi connectivity index (χ1v) is 4.27. The Kier molecular flexibility index (Phi) is 2.21. The van der Waals surface area contributed by atoms with Gasteiger partial charge in [0, 0.05) is 12.5 Å². The molecule has 0 radical (unpaired) electrons. The van der Waals surface area contributed by atoms with Crippen LogP contribution in [0.4, 0.5) is 0 Å². The van der Waals surface area contributed by atoms with Gasteiger partial charge in [-0.2, -0.15) is 0 Å². The Bertz CT molecular complexity index is 165. The van der Waals surface area contributed by atoms with E-state index >= 15 is 0 Å². The molecule has 2 heteroatoms. The SMILES string of the molecule is CC1CN=C(CC(C)(C)C)N1. The minimum Gasteiger partial charge on any atom is -0.370 e. The molecule has 1 heterocycles. The van der Waals surface area contributed by atoms with E-state index in [1.54, 1.807) is 0 Å². The summed E-state index contributed by atoms with van der Waals surface area (Å²) in [6.45, 7) is 9.82. The van der Waals surface area contributed by atoms with Crippen molar-refractivity contribution in [1.29, 1.82) is 0 Å². The van der Waals surface area contributed by atoms with E-state index in [0.29, 0.717) is 11.5 Å². The number of nitrogens with one attached hydrogen (secondary N) is 1. The maximum atomic E-state index is 4.41. The highest BCUT2D eigenvalue weighted by molar-refractivity contribution is 5.84. The molecule has 1 aliphatic heterocycles. The molecule has 0 bridgehead atoms. The minimum atomic E-state index is 0.357. The summed E-state index contributed by atoms with van der Waals surface area (Å²) in [5.74, 6) is 1.19. The molecule has 1 atom stereocenters. The maximum absolute atomic E-state index is 4.41. The molecule has 11 heavy (non-hydrogen) atoms. The maximum Gasteiger partial charge on any atom is 0.0971 e. The third kappa shape index (κ3) is 2.91. The van der Waals surface area contributed by atoms with Crippen LogP contribution in [0.1, 0.15) is 34.1 Å². The zero-order valence-corrected chi connectivity index (χ0v) is 7.94. The van der Waals surface area contributed by atoms with Crippen molar-refractivity contribution < 1.29 is 0 Å². The number of amidine groups is 1. The van der Waals surface area contributed by atoms with Crippen LogP contribution < -0.4 is 5.32 Å². The summed E-state index contributed by atoms with van der Waals surface area (Å²) in [6, 6.07) is 0.548. The molecule has 0 amide bonds. The van der Waals surface area contributed by atoms with Crippen molar-refractivity contribution in [3.05, 3.63) is 0 Å². The van der Waals surface area contributed by atoms with Crippen LogP contribution in [0.25, 0.3) is 0 Å². The molecule has 64 valence electrons. The van der Waals surface area contributed by atoms with Crippen LogP contribution in [0, 0.1) is 5.41 Å². The molecule has 1 unspecified atom stereocenters. The average molecular weight is 154 g/mol. The predicted molar refractivity (Wildman–Crippen MR) is 49.0 cm³/mol. The van der Waals surface area contributed by atoms with Crippen LogP contribution in [0.5, 0.6) is 0 Å². The van der Waals surface area contributed by atoms with Crippen LogP contribution in [0.15, 0.2) is 4.99 Å². The van der Waals surface area contributed by atoms with Crippen LogP contribution in [-0.4, -0.2) is 18.4 Å². The van der Waals surface area contributed by atoms with Crippen molar-refractivity contribution in [3.63, 3.8) is 0 Å². The largest absolute Gasteiger partial charge is 0.370 e. The van der Waals surface area contributed by atoms with E-state index < -0.39 is 0 Å². The first-order valence-electron chi connectivity index (χ1n) is 4.27. The number of rotatable bonds is 1. The molecule has 0 aromatic carbocycles.